The Labute approximate surface area is 116 Å². The van der Waals surface area contributed by atoms with Crippen LogP contribution in [0.25, 0.3) is 0 Å². The average molecular weight is 279 g/mol. The van der Waals surface area contributed by atoms with Crippen molar-refractivity contribution >= 4 is 11.3 Å². The second-order valence-electron chi connectivity index (χ2n) is 4.70. The Hall–Kier alpha value is -1.30. The first-order chi connectivity index (χ1) is 9.08. The molecule has 0 aliphatic heterocycles. The second kappa shape index (κ2) is 6.23. The Kier molecular flexibility index (Phi) is 4.63. The molecule has 0 aliphatic rings. The predicted octanol–water partition coefficient (Wildman–Crippen LogP) is 2.52. The van der Waals surface area contributed by atoms with E-state index in [1.54, 1.807) is 23.5 Å². The minimum Gasteiger partial charge on any atom is -0.271 e. The smallest absolute Gasteiger partial charge is 0.123 e. The summed E-state index contributed by atoms with van der Waals surface area (Å²) in [5.41, 5.74) is 5.89. The molecule has 3 N–H and O–H groups in total. The van der Waals surface area contributed by atoms with Crippen LogP contribution in [0.15, 0.2) is 23.6 Å². The molecule has 0 spiro atoms. The summed E-state index contributed by atoms with van der Waals surface area (Å²) in [6.07, 6.45) is 1.44. The number of aryl methyl sites for hydroxylation is 2. The lowest BCUT2D eigenvalue weighted by Gasteiger charge is -2.16. The van der Waals surface area contributed by atoms with Gasteiger partial charge >= 0.3 is 0 Å². The first-order valence-electron chi connectivity index (χ1n) is 6.20. The third kappa shape index (κ3) is 3.83. The molecule has 3 nitrogen and oxygen atoms in total. The van der Waals surface area contributed by atoms with Gasteiger partial charge in [-0.2, -0.15) is 0 Å². The first-order valence-corrected chi connectivity index (χ1v) is 7.08. The maximum Gasteiger partial charge on any atom is 0.123 e. The Morgan fingerprint density at radius 3 is 2.79 bits per heavy atom. The highest BCUT2D eigenvalue weighted by Crippen LogP contribution is 2.15. The van der Waals surface area contributed by atoms with Gasteiger partial charge in [-0.15, -0.1) is 11.3 Å². The summed E-state index contributed by atoms with van der Waals surface area (Å²) in [6.45, 7) is 3.96. The van der Waals surface area contributed by atoms with Gasteiger partial charge in [0.2, 0.25) is 0 Å². The fourth-order valence-corrected chi connectivity index (χ4v) is 2.70. The van der Waals surface area contributed by atoms with E-state index in [4.69, 9.17) is 5.84 Å². The lowest BCUT2D eigenvalue weighted by molar-refractivity contribution is 0.515. The predicted molar refractivity (Wildman–Crippen MR) is 76.5 cm³/mol. The van der Waals surface area contributed by atoms with E-state index < -0.39 is 0 Å². The number of aromatic nitrogens is 1. The Morgan fingerprint density at radius 1 is 1.37 bits per heavy atom. The molecule has 0 radical (unpaired) electrons. The van der Waals surface area contributed by atoms with Gasteiger partial charge in [-0.3, -0.25) is 11.3 Å². The average Bonchev–Trinajstić information content (AvgIpc) is 2.78. The fraction of sp³-hybridized carbons (Fsp3) is 0.357. The van der Waals surface area contributed by atoms with Crippen LogP contribution in [0.4, 0.5) is 4.39 Å². The van der Waals surface area contributed by atoms with Gasteiger partial charge < -0.3 is 0 Å². The second-order valence-corrected chi connectivity index (χ2v) is 5.76. The molecule has 0 saturated heterocycles. The third-order valence-electron chi connectivity index (χ3n) is 3.14. The Bertz CT molecular complexity index is 553. The monoisotopic (exact) mass is 279 g/mol. The molecule has 1 atom stereocenters. The number of nitrogens with two attached hydrogens (primary N) is 1. The Morgan fingerprint density at radius 2 is 2.16 bits per heavy atom. The van der Waals surface area contributed by atoms with E-state index in [1.807, 2.05) is 19.2 Å². The molecule has 1 aromatic heterocycles. The minimum atomic E-state index is -0.208. The number of nitrogens with one attached hydrogen (secondary N) is 1. The molecule has 19 heavy (non-hydrogen) atoms. The number of benzene rings is 1. The van der Waals surface area contributed by atoms with E-state index in [0.29, 0.717) is 6.42 Å². The van der Waals surface area contributed by atoms with Crippen molar-refractivity contribution in [2.75, 3.05) is 0 Å². The molecular formula is C14H18FN3S. The van der Waals surface area contributed by atoms with E-state index in [2.05, 4.69) is 10.4 Å². The van der Waals surface area contributed by atoms with Crippen LogP contribution in [0.2, 0.25) is 0 Å². The van der Waals surface area contributed by atoms with Gasteiger partial charge in [-0.25, -0.2) is 9.37 Å². The number of hydrogen-bond acceptors (Lipinski definition) is 4. The van der Waals surface area contributed by atoms with Gasteiger partial charge in [-0.1, -0.05) is 6.07 Å². The lowest BCUT2D eigenvalue weighted by atomic mass is 9.99. The largest absolute Gasteiger partial charge is 0.271 e. The quantitative estimate of drug-likeness (QED) is 0.653. The number of rotatable bonds is 5. The summed E-state index contributed by atoms with van der Waals surface area (Å²) < 4.78 is 13.3. The molecule has 5 heteroatoms. The summed E-state index contributed by atoms with van der Waals surface area (Å²) in [5.74, 6) is 5.39. The number of thiazole rings is 1. The molecule has 2 rings (SSSR count). The van der Waals surface area contributed by atoms with E-state index >= 15 is 0 Å². The first kappa shape index (κ1) is 14.1. The number of hydrazine groups is 1. The normalized spacial score (nSPS) is 12.6. The molecule has 0 amide bonds. The van der Waals surface area contributed by atoms with E-state index in [1.165, 1.54) is 6.07 Å². The molecule has 1 aromatic carbocycles. The van der Waals surface area contributed by atoms with Gasteiger partial charge in [0.25, 0.3) is 0 Å². The Balaban J connectivity index is 2.08. The summed E-state index contributed by atoms with van der Waals surface area (Å²) >= 11 is 1.63. The summed E-state index contributed by atoms with van der Waals surface area (Å²) in [5, 5.41) is 3.09. The van der Waals surface area contributed by atoms with Gasteiger partial charge in [-0.05, 0) is 43.5 Å². The fourth-order valence-electron chi connectivity index (χ4n) is 2.07. The van der Waals surface area contributed by atoms with Crippen molar-refractivity contribution in [3.05, 3.63) is 51.2 Å². The van der Waals surface area contributed by atoms with Crippen molar-refractivity contribution < 1.29 is 4.39 Å². The van der Waals surface area contributed by atoms with Gasteiger partial charge in [0.15, 0.2) is 0 Å². The number of halogens is 1. The molecule has 1 heterocycles. The summed E-state index contributed by atoms with van der Waals surface area (Å²) in [7, 11) is 0. The zero-order valence-electron chi connectivity index (χ0n) is 11.1. The molecule has 0 bridgehead atoms. The maximum absolute atomic E-state index is 13.3. The standard InChI is InChI=1S/C14H18FN3S/c1-9-3-4-12(15)5-11(9)6-13(18-16)7-14-8-19-10(2)17-14/h3-5,8,13,18H,6-7,16H2,1-2H3. The molecule has 0 aliphatic carbocycles. The van der Waals surface area contributed by atoms with Crippen LogP contribution in [0, 0.1) is 19.7 Å². The molecule has 0 saturated carbocycles. The highest BCUT2D eigenvalue weighted by molar-refractivity contribution is 7.09. The zero-order chi connectivity index (χ0) is 13.8. The van der Waals surface area contributed by atoms with Gasteiger partial charge in [0.05, 0.1) is 10.7 Å². The maximum atomic E-state index is 13.3. The molecular weight excluding hydrogens is 261 g/mol. The molecule has 0 fully saturated rings. The van der Waals surface area contributed by atoms with Crippen LogP contribution in [0.5, 0.6) is 0 Å². The summed E-state index contributed by atoms with van der Waals surface area (Å²) in [6, 6.07) is 4.91. The molecule has 2 aromatic rings. The van der Waals surface area contributed by atoms with Crippen LogP contribution in [0.1, 0.15) is 21.8 Å². The van der Waals surface area contributed by atoms with E-state index in [0.717, 1.165) is 28.2 Å². The molecule has 1 unspecified atom stereocenters. The third-order valence-corrected chi connectivity index (χ3v) is 3.96. The van der Waals surface area contributed by atoms with Crippen molar-refractivity contribution in [1.82, 2.24) is 10.4 Å². The van der Waals surface area contributed by atoms with Gasteiger partial charge in [0.1, 0.15) is 5.82 Å². The number of nitrogens with zero attached hydrogens (tertiary/aromatic N) is 1. The van der Waals surface area contributed by atoms with E-state index in [9.17, 15) is 4.39 Å². The minimum absolute atomic E-state index is 0.0574. The lowest BCUT2D eigenvalue weighted by Crippen LogP contribution is -2.38. The zero-order valence-corrected chi connectivity index (χ0v) is 11.9. The van der Waals surface area contributed by atoms with Crippen molar-refractivity contribution in [1.29, 1.82) is 0 Å². The van der Waals surface area contributed by atoms with Crippen molar-refractivity contribution in [3.8, 4) is 0 Å². The SMILES string of the molecule is Cc1nc(CC(Cc2cc(F)ccc2C)NN)cs1. The van der Waals surface area contributed by atoms with Crippen molar-refractivity contribution in [2.24, 2.45) is 5.84 Å². The van der Waals surface area contributed by atoms with Crippen LogP contribution in [0.3, 0.4) is 0 Å². The topological polar surface area (TPSA) is 50.9 Å². The highest BCUT2D eigenvalue weighted by atomic mass is 32.1. The molecule has 102 valence electrons. The van der Waals surface area contributed by atoms with Crippen LogP contribution in [-0.2, 0) is 12.8 Å². The number of hydrogen-bond donors (Lipinski definition) is 2. The van der Waals surface area contributed by atoms with Crippen LogP contribution >= 0.6 is 11.3 Å². The van der Waals surface area contributed by atoms with E-state index in [-0.39, 0.29) is 11.9 Å². The van der Waals surface area contributed by atoms with Crippen molar-refractivity contribution in [2.45, 2.75) is 32.7 Å². The summed E-state index contributed by atoms with van der Waals surface area (Å²) in [4.78, 5) is 4.43. The highest BCUT2D eigenvalue weighted by Gasteiger charge is 2.12. The van der Waals surface area contributed by atoms with Crippen LogP contribution in [-0.4, -0.2) is 11.0 Å². The van der Waals surface area contributed by atoms with Crippen LogP contribution < -0.4 is 11.3 Å². The van der Waals surface area contributed by atoms with Crippen molar-refractivity contribution in [3.63, 3.8) is 0 Å². The van der Waals surface area contributed by atoms with Gasteiger partial charge in [0, 0.05) is 17.8 Å².